The zero-order chi connectivity index (χ0) is 14.9. The Balaban J connectivity index is 2.51. The summed E-state index contributed by atoms with van der Waals surface area (Å²) in [5.41, 5.74) is 7.22. The van der Waals surface area contributed by atoms with Gasteiger partial charge in [-0.2, -0.15) is 16.1 Å². The number of nitrogens with two attached hydrogens (primary N) is 1. The second kappa shape index (κ2) is 6.36. The fourth-order valence-electron chi connectivity index (χ4n) is 2.29. The topological polar surface area (TPSA) is 63.4 Å². The Morgan fingerprint density at radius 3 is 2.80 bits per heavy atom. The van der Waals surface area contributed by atoms with Gasteiger partial charge in [-0.3, -0.25) is 0 Å². The molecular formula is C13H19BrN2O2S2. The zero-order valence-corrected chi connectivity index (χ0v) is 14.8. The molecule has 0 aromatic heterocycles. The molecule has 0 amide bonds. The predicted octanol–water partition coefficient (Wildman–Crippen LogP) is 2.34. The number of halogens is 1. The van der Waals surface area contributed by atoms with Crippen molar-refractivity contribution in [3.63, 3.8) is 0 Å². The van der Waals surface area contributed by atoms with Gasteiger partial charge < -0.3 is 5.73 Å². The molecule has 0 radical (unpaired) electrons. The Bertz CT molecular complexity index is 605. The molecule has 0 spiro atoms. The van der Waals surface area contributed by atoms with Crippen LogP contribution in [0.2, 0.25) is 0 Å². The molecule has 20 heavy (non-hydrogen) atoms. The van der Waals surface area contributed by atoms with E-state index in [4.69, 9.17) is 5.73 Å². The maximum atomic E-state index is 12.9. The van der Waals surface area contributed by atoms with Crippen LogP contribution in [-0.2, 0) is 16.6 Å². The number of hydrogen-bond acceptors (Lipinski definition) is 4. The van der Waals surface area contributed by atoms with E-state index in [1.165, 1.54) is 0 Å². The van der Waals surface area contributed by atoms with Crippen molar-refractivity contribution in [3.05, 3.63) is 27.7 Å². The first-order valence-electron chi connectivity index (χ1n) is 6.46. The van der Waals surface area contributed by atoms with Crippen molar-refractivity contribution in [2.24, 2.45) is 5.73 Å². The van der Waals surface area contributed by atoms with E-state index in [1.807, 2.05) is 19.9 Å². The van der Waals surface area contributed by atoms with Gasteiger partial charge in [0.1, 0.15) is 0 Å². The molecule has 1 unspecified atom stereocenters. The molecule has 1 aliphatic rings. The zero-order valence-electron chi connectivity index (χ0n) is 11.6. The lowest BCUT2D eigenvalue weighted by molar-refractivity contribution is 0.367. The monoisotopic (exact) mass is 378 g/mol. The first-order valence-corrected chi connectivity index (χ1v) is 9.85. The molecule has 0 saturated carbocycles. The Hall–Kier alpha value is -0.0800. The minimum absolute atomic E-state index is 0.0264. The van der Waals surface area contributed by atoms with Crippen molar-refractivity contribution in [2.45, 2.75) is 31.3 Å². The third-order valence-electron chi connectivity index (χ3n) is 3.49. The number of thioether (sulfide) groups is 1. The molecule has 4 nitrogen and oxygen atoms in total. The Morgan fingerprint density at radius 1 is 1.50 bits per heavy atom. The Kier molecular flexibility index (Phi) is 5.18. The van der Waals surface area contributed by atoms with Crippen LogP contribution in [0.5, 0.6) is 0 Å². The molecule has 1 saturated heterocycles. The van der Waals surface area contributed by atoms with Crippen molar-refractivity contribution in [2.75, 3.05) is 18.1 Å². The molecule has 2 N–H and O–H groups in total. The van der Waals surface area contributed by atoms with Crippen LogP contribution in [0.1, 0.15) is 18.1 Å². The summed E-state index contributed by atoms with van der Waals surface area (Å²) in [4.78, 5) is 0.367. The SMILES string of the molecule is Cc1c(Br)cc(CN)cc1S(=O)(=O)N1CCSCC1C. The minimum atomic E-state index is -3.46. The van der Waals surface area contributed by atoms with Gasteiger partial charge in [0.15, 0.2) is 0 Å². The summed E-state index contributed by atoms with van der Waals surface area (Å²) >= 11 is 5.22. The Labute approximate surface area is 133 Å². The standard InChI is InChI=1S/C13H19BrN2O2S2/c1-9-8-19-4-3-16(9)20(17,18)13-6-11(7-15)5-12(14)10(13)2/h5-6,9H,3-4,7-8,15H2,1-2H3. The summed E-state index contributed by atoms with van der Waals surface area (Å²) in [5.74, 6) is 1.69. The van der Waals surface area contributed by atoms with Crippen LogP contribution >= 0.6 is 27.7 Å². The van der Waals surface area contributed by atoms with Gasteiger partial charge in [0.05, 0.1) is 4.90 Å². The average Bonchev–Trinajstić information content (AvgIpc) is 2.41. The summed E-state index contributed by atoms with van der Waals surface area (Å²) in [7, 11) is -3.46. The van der Waals surface area contributed by atoms with E-state index in [0.717, 1.165) is 27.1 Å². The normalized spacial score (nSPS) is 21.1. The summed E-state index contributed by atoms with van der Waals surface area (Å²) in [6.07, 6.45) is 0. The van der Waals surface area contributed by atoms with Gasteiger partial charge in [-0.1, -0.05) is 15.9 Å². The van der Waals surface area contributed by atoms with E-state index >= 15 is 0 Å². The second-order valence-electron chi connectivity index (χ2n) is 4.94. The van der Waals surface area contributed by atoms with Crippen LogP contribution in [0.3, 0.4) is 0 Å². The van der Waals surface area contributed by atoms with E-state index in [-0.39, 0.29) is 6.04 Å². The van der Waals surface area contributed by atoms with E-state index < -0.39 is 10.0 Å². The predicted molar refractivity (Wildman–Crippen MR) is 87.4 cm³/mol. The number of rotatable bonds is 3. The summed E-state index contributed by atoms with van der Waals surface area (Å²) < 4.78 is 28.2. The van der Waals surface area contributed by atoms with Crippen molar-refractivity contribution in [3.8, 4) is 0 Å². The quantitative estimate of drug-likeness (QED) is 0.876. The maximum absolute atomic E-state index is 12.9. The highest BCUT2D eigenvalue weighted by Gasteiger charge is 2.32. The van der Waals surface area contributed by atoms with E-state index in [0.29, 0.717) is 18.0 Å². The highest BCUT2D eigenvalue weighted by Crippen LogP contribution is 2.30. The van der Waals surface area contributed by atoms with Gasteiger partial charge in [-0.05, 0) is 37.1 Å². The van der Waals surface area contributed by atoms with E-state index in [2.05, 4.69) is 15.9 Å². The molecule has 1 fully saturated rings. The maximum Gasteiger partial charge on any atom is 0.243 e. The van der Waals surface area contributed by atoms with Gasteiger partial charge >= 0.3 is 0 Å². The molecule has 1 aromatic carbocycles. The molecule has 2 rings (SSSR count). The van der Waals surface area contributed by atoms with E-state index in [9.17, 15) is 8.42 Å². The first-order chi connectivity index (χ1) is 9.37. The first kappa shape index (κ1) is 16.3. The van der Waals surface area contributed by atoms with E-state index in [1.54, 1.807) is 22.1 Å². The number of sulfonamides is 1. The molecule has 1 heterocycles. The molecule has 0 aliphatic carbocycles. The van der Waals surface area contributed by atoms with Crippen molar-refractivity contribution < 1.29 is 8.42 Å². The lowest BCUT2D eigenvalue weighted by Crippen LogP contribution is -2.44. The number of nitrogens with zero attached hydrogens (tertiary/aromatic N) is 1. The molecule has 1 atom stereocenters. The average molecular weight is 379 g/mol. The third-order valence-corrected chi connectivity index (χ3v) is 7.64. The van der Waals surface area contributed by atoms with Crippen LogP contribution in [0, 0.1) is 6.92 Å². The van der Waals surface area contributed by atoms with Gasteiger partial charge in [0.2, 0.25) is 10.0 Å². The van der Waals surface area contributed by atoms with Gasteiger partial charge in [0, 0.05) is 35.1 Å². The molecule has 1 aliphatic heterocycles. The van der Waals surface area contributed by atoms with Crippen molar-refractivity contribution >= 4 is 37.7 Å². The minimum Gasteiger partial charge on any atom is -0.326 e. The summed E-state index contributed by atoms with van der Waals surface area (Å²) in [6, 6.07) is 3.60. The summed E-state index contributed by atoms with van der Waals surface area (Å²) in [5, 5.41) is 0. The third kappa shape index (κ3) is 3.06. The van der Waals surface area contributed by atoms with Crippen LogP contribution in [-0.4, -0.2) is 36.8 Å². The molecular weight excluding hydrogens is 360 g/mol. The highest BCUT2D eigenvalue weighted by atomic mass is 79.9. The number of benzene rings is 1. The lowest BCUT2D eigenvalue weighted by Gasteiger charge is -2.32. The fourth-order valence-corrected chi connectivity index (χ4v) is 6.08. The Morgan fingerprint density at radius 2 is 2.20 bits per heavy atom. The van der Waals surface area contributed by atoms with Gasteiger partial charge in [-0.25, -0.2) is 8.42 Å². The van der Waals surface area contributed by atoms with Gasteiger partial charge in [0.25, 0.3) is 0 Å². The van der Waals surface area contributed by atoms with Crippen LogP contribution < -0.4 is 5.73 Å². The van der Waals surface area contributed by atoms with Crippen LogP contribution in [0.25, 0.3) is 0 Å². The van der Waals surface area contributed by atoms with Crippen molar-refractivity contribution in [1.29, 1.82) is 0 Å². The van der Waals surface area contributed by atoms with Crippen LogP contribution in [0.15, 0.2) is 21.5 Å². The molecule has 7 heteroatoms. The lowest BCUT2D eigenvalue weighted by atomic mass is 10.1. The smallest absolute Gasteiger partial charge is 0.243 e. The highest BCUT2D eigenvalue weighted by molar-refractivity contribution is 9.10. The largest absolute Gasteiger partial charge is 0.326 e. The molecule has 1 aromatic rings. The fraction of sp³-hybridized carbons (Fsp3) is 0.538. The van der Waals surface area contributed by atoms with Crippen molar-refractivity contribution in [1.82, 2.24) is 4.31 Å². The van der Waals surface area contributed by atoms with Gasteiger partial charge in [-0.15, -0.1) is 0 Å². The van der Waals surface area contributed by atoms with Crippen LogP contribution in [0.4, 0.5) is 0 Å². The molecule has 0 bridgehead atoms. The summed E-state index contributed by atoms with van der Waals surface area (Å²) in [6.45, 7) is 4.67. The second-order valence-corrected chi connectivity index (χ2v) is 8.81. The molecule has 112 valence electrons. The number of hydrogen-bond donors (Lipinski definition) is 1.